The van der Waals surface area contributed by atoms with Gasteiger partial charge in [0.25, 0.3) is 5.91 Å². The minimum absolute atomic E-state index is 0.0617. The zero-order chi connectivity index (χ0) is 19.3. The molecule has 0 saturated carbocycles. The van der Waals surface area contributed by atoms with Crippen LogP contribution in [0, 0.1) is 5.92 Å². The lowest BCUT2D eigenvalue weighted by Crippen LogP contribution is -2.40. The molecule has 1 amide bonds. The third-order valence-corrected chi connectivity index (χ3v) is 5.63. The van der Waals surface area contributed by atoms with E-state index in [0.717, 1.165) is 37.3 Å². The molecule has 0 aliphatic carbocycles. The molecule has 1 aromatic heterocycles. The van der Waals surface area contributed by atoms with Gasteiger partial charge in [-0.1, -0.05) is 24.3 Å². The Hall–Kier alpha value is -2.44. The maximum atomic E-state index is 12.7. The van der Waals surface area contributed by atoms with Crippen molar-refractivity contribution >= 4 is 11.7 Å². The number of hydrogen-bond acceptors (Lipinski definition) is 5. The number of hydrogen-bond donors (Lipinski definition) is 1. The van der Waals surface area contributed by atoms with Gasteiger partial charge in [0.15, 0.2) is 0 Å². The molecule has 2 fully saturated rings. The Bertz CT molecular complexity index is 803. The van der Waals surface area contributed by atoms with Gasteiger partial charge in [-0.15, -0.1) is 0 Å². The fraction of sp³-hybridized carbons (Fsp3) is 0.455. The predicted molar refractivity (Wildman–Crippen MR) is 107 cm³/mol. The van der Waals surface area contributed by atoms with E-state index in [1.54, 1.807) is 12.3 Å². The summed E-state index contributed by atoms with van der Waals surface area (Å²) in [5.41, 5.74) is 2.95. The fourth-order valence-corrected chi connectivity index (χ4v) is 3.99. The Morgan fingerprint density at radius 2 is 1.86 bits per heavy atom. The second kappa shape index (κ2) is 8.71. The van der Waals surface area contributed by atoms with Crippen molar-refractivity contribution in [2.24, 2.45) is 5.92 Å². The third-order valence-electron chi connectivity index (χ3n) is 5.63. The van der Waals surface area contributed by atoms with Crippen LogP contribution in [0.4, 0.5) is 5.82 Å². The maximum Gasteiger partial charge on any atom is 0.254 e. The summed E-state index contributed by atoms with van der Waals surface area (Å²) < 4.78 is 5.34. The van der Waals surface area contributed by atoms with Gasteiger partial charge in [-0.2, -0.15) is 0 Å². The lowest BCUT2D eigenvalue weighted by atomic mass is 9.98. The van der Waals surface area contributed by atoms with Crippen LogP contribution in [0.3, 0.4) is 0 Å². The van der Waals surface area contributed by atoms with Crippen molar-refractivity contribution in [1.29, 1.82) is 0 Å². The lowest BCUT2D eigenvalue weighted by molar-refractivity contribution is 0.0303. The highest BCUT2D eigenvalue weighted by Crippen LogP contribution is 2.26. The molecule has 2 aliphatic rings. The lowest BCUT2D eigenvalue weighted by Gasteiger charge is -2.27. The Morgan fingerprint density at radius 3 is 2.61 bits per heavy atom. The molecule has 2 saturated heterocycles. The van der Waals surface area contributed by atoms with E-state index in [1.807, 2.05) is 23.1 Å². The molecule has 2 aliphatic heterocycles. The Kier molecular flexibility index (Phi) is 5.88. The minimum Gasteiger partial charge on any atom is -0.392 e. The second-order valence-electron chi connectivity index (χ2n) is 7.59. The molecule has 1 N–H and O–H groups in total. The molecule has 1 unspecified atom stereocenters. The third kappa shape index (κ3) is 4.34. The summed E-state index contributed by atoms with van der Waals surface area (Å²) in [6, 6.07) is 11.9. The number of aliphatic hydroxyl groups excluding tert-OH is 1. The molecule has 3 heterocycles. The Morgan fingerprint density at radius 1 is 1.11 bits per heavy atom. The number of nitrogens with zero attached hydrogens (tertiary/aromatic N) is 3. The van der Waals surface area contributed by atoms with Crippen LogP contribution in [-0.2, 0) is 17.8 Å². The number of pyridine rings is 1. The molecule has 0 bridgehead atoms. The van der Waals surface area contributed by atoms with E-state index in [0.29, 0.717) is 37.8 Å². The second-order valence-corrected chi connectivity index (χ2v) is 7.59. The standard InChI is InChI=1S/C22H27N3O3/c26-16-18-3-1-17(2-4-18)13-19-6-8-25(15-19)21-14-20(5-7-23-21)22(27)24-9-11-28-12-10-24/h1-5,7,14,19,26H,6,8-13,15-16H2. The van der Waals surface area contributed by atoms with Gasteiger partial charge in [0.2, 0.25) is 0 Å². The number of carbonyl (C=O) groups excluding carboxylic acids is 1. The van der Waals surface area contributed by atoms with Gasteiger partial charge in [0.1, 0.15) is 5.82 Å². The van der Waals surface area contributed by atoms with Crippen LogP contribution in [0.15, 0.2) is 42.6 Å². The first kappa shape index (κ1) is 18.9. The number of aliphatic hydroxyl groups is 1. The summed E-state index contributed by atoms with van der Waals surface area (Å²) in [6.45, 7) is 4.51. The molecule has 148 valence electrons. The monoisotopic (exact) mass is 381 g/mol. The molecule has 4 rings (SSSR count). The highest BCUT2D eigenvalue weighted by molar-refractivity contribution is 5.95. The number of rotatable bonds is 5. The van der Waals surface area contributed by atoms with Crippen LogP contribution >= 0.6 is 0 Å². The van der Waals surface area contributed by atoms with Gasteiger partial charge in [0, 0.05) is 37.9 Å². The topological polar surface area (TPSA) is 65.9 Å². The number of anilines is 1. The van der Waals surface area contributed by atoms with Crippen LogP contribution in [-0.4, -0.2) is 60.3 Å². The predicted octanol–water partition coefficient (Wildman–Crippen LogP) is 2.12. The largest absolute Gasteiger partial charge is 0.392 e. The number of carbonyl (C=O) groups is 1. The summed E-state index contributed by atoms with van der Waals surface area (Å²) in [6.07, 6.45) is 3.88. The first-order valence-electron chi connectivity index (χ1n) is 9.99. The normalized spacial score (nSPS) is 19.8. The molecular weight excluding hydrogens is 354 g/mol. The molecule has 28 heavy (non-hydrogen) atoms. The minimum atomic E-state index is 0.0617. The molecule has 2 aromatic rings. The first-order valence-corrected chi connectivity index (χ1v) is 9.99. The average Bonchev–Trinajstić information content (AvgIpc) is 3.23. The van der Waals surface area contributed by atoms with Gasteiger partial charge in [0.05, 0.1) is 19.8 Å². The molecule has 1 atom stereocenters. The van der Waals surface area contributed by atoms with Crippen LogP contribution < -0.4 is 4.90 Å². The summed E-state index contributed by atoms with van der Waals surface area (Å²) in [5.74, 6) is 1.52. The van der Waals surface area contributed by atoms with Crippen molar-refractivity contribution < 1.29 is 14.6 Å². The SMILES string of the molecule is O=C(c1ccnc(N2CCC(Cc3ccc(CO)cc3)C2)c1)N1CCOCC1. The molecular formula is C22H27N3O3. The molecule has 0 spiro atoms. The van der Waals surface area contributed by atoms with Gasteiger partial charge in [-0.05, 0) is 42.0 Å². The maximum absolute atomic E-state index is 12.7. The van der Waals surface area contributed by atoms with Crippen molar-refractivity contribution in [3.63, 3.8) is 0 Å². The van der Waals surface area contributed by atoms with E-state index >= 15 is 0 Å². The van der Waals surface area contributed by atoms with E-state index in [-0.39, 0.29) is 12.5 Å². The number of ether oxygens (including phenoxy) is 1. The van der Waals surface area contributed by atoms with E-state index < -0.39 is 0 Å². The van der Waals surface area contributed by atoms with Crippen molar-refractivity contribution in [3.05, 3.63) is 59.3 Å². The number of amides is 1. The molecule has 6 nitrogen and oxygen atoms in total. The zero-order valence-corrected chi connectivity index (χ0v) is 16.1. The fourth-order valence-electron chi connectivity index (χ4n) is 3.99. The van der Waals surface area contributed by atoms with Gasteiger partial charge >= 0.3 is 0 Å². The van der Waals surface area contributed by atoms with E-state index in [4.69, 9.17) is 4.74 Å². The van der Waals surface area contributed by atoms with Crippen molar-refractivity contribution in [3.8, 4) is 0 Å². The summed E-state index contributed by atoms with van der Waals surface area (Å²) in [7, 11) is 0. The zero-order valence-electron chi connectivity index (χ0n) is 16.1. The molecule has 6 heteroatoms. The van der Waals surface area contributed by atoms with Gasteiger partial charge in [-0.25, -0.2) is 4.98 Å². The van der Waals surface area contributed by atoms with Gasteiger partial charge < -0.3 is 19.6 Å². The highest BCUT2D eigenvalue weighted by Gasteiger charge is 2.25. The quantitative estimate of drug-likeness (QED) is 0.859. The molecule has 1 aromatic carbocycles. The van der Waals surface area contributed by atoms with Gasteiger partial charge in [-0.3, -0.25) is 4.79 Å². The summed E-state index contributed by atoms with van der Waals surface area (Å²) in [5, 5.41) is 9.17. The summed E-state index contributed by atoms with van der Waals surface area (Å²) in [4.78, 5) is 21.4. The van der Waals surface area contributed by atoms with Crippen molar-refractivity contribution in [2.45, 2.75) is 19.4 Å². The van der Waals surface area contributed by atoms with Crippen molar-refractivity contribution in [1.82, 2.24) is 9.88 Å². The van der Waals surface area contributed by atoms with Crippen LogP contribution in [0.1, 0.15) is 27.9 Å². The average molecular weight is 381 g/mol. The number of aromatic nitrogens is 1. The van der Waals surface area contributed by atoms with E-state index in [9.17, 15) is 9.90 Å². The molecule has 0 radical (unpaired) electrons. The summed E-state index contributed by atoms with van der Waals surface area (Å²) >= 11 is 0. The van der Waals surface area contributed by atoms with Crippen LogP contribution in [0.5, 0.6) is 0 Å². The number of morpholine rings is 1. The van der Waals surface area contributed by atoms with Crippen molar-refractivity contribution in [2.75, 3.05) is 44.3 Å². The van der Waals surface area contributed by atoms with Crippen LogP contribution in [0.2, 0.25) is 0 Å². The first-order chi connectivity index (χ1) is 13.7. The van der Waals surface area contributed by atoms with E-state index in [2.05, 4.69) is 22.0 Å². The number of benzene rings is 1. The highest BCUT2D eigenvalue weighted by atomic mass is 16.5. The van der Waals surface area contributed by atoms with Crippen LogP contribution in [0.25, 0.3) is 0 Å². The Labute approximate surface area is 165 Å². The smallest absolute Gasteiger partial charge is 0.254 e. The Balaban J connectivity index is 1.38. The van der Waals surface area contributed by atoms with E-state index in [1.165, 1.54) is 5.56 Å².